The van der Waals surface area contributed by atoms with Crippen LogP contribution >= 0.6 is 11.6 Å². The standard InChI is InChI=1S/C21H35ClN6/c1-4-23-21(24-17-18(2)26-11-9-25(3)10-12-26)28-15-13-27(14-16-28)20-8-6-5-7-19(20)22/h5-8,18H,4,9-17H2,1-3H3,(H,23,24). The van der Waals surface area contributed by atoms with Gasteiger partial charge in [-0.25, -0.2) is 0 Å². The van der Waals surface area contributed by atoms with Crippen molar-refractivity contribution in [3.8, 4) is 0 Å². The minimum absolute atomic E-state index is 0.478. The zero-order chi connectivity index (χ0) is 19.9. The molecule has 2 aliphatic heterocycles. The van der Waals surface area contributed by atoms with Crippen molar-refractivity contribution in [2.24, 2.45) is 4.99 Å². The first kappa shape index (κ1) is 21.2. The summed E-state index contributed by atoms with van der Waals surface area (Å²) < 4.78 is 0. The van der Waals surface area contributed by atoms with Gasteiger partial charge in [-0.05, 0) is 33.0 Å². The Balaban J connectivity index is 1.55. The third kappa shape index (κ3) is 5.52. The summed E-state index contributed by atoms with van der Waals surface area (Å²) >= 11 is 6.37. The molecule has 0 spiro atoms. The number of hydrogen-bond acceptors (Lipinski definition) is 4. The van der Waals surface area contributed by atoms with Gasteiger partial charge in [0, 0.05) is 64.9 Å². The van der Waals surface area contributed by atoms with Crippen LogP contribution < -0.4 is 10.2 Å². The number of nitrogens with zero attached hydrogens (tertiary/aromatic N) is 5. The average Bonchev–Trinajstić information content (AvgIpc) is 2.72. The van der Waals surface area contributed by atoms with Crippen LogP contribution in [0.25, 0.3) is 0 Å². The third-order valence-electron chi connectivity index (χ3n) is 5.77. The lowest BCUT2D eigenvalue weighted by Crippen LogP contribution is -2.53. The summed E-state index contributed by atoms with van der Waals surface area (Å²) in [5.74, 6) is 1.04. The predicted molar refractivity (Wildman–Crippen MR) is 120 cm³/mol. The summed E-state index contributed by atoms with van der Waals surface area (Å²) in [5.41, 5.74) is 1.13. The quantitative estimate of drug-likeness (QED) is 0.598. The lowest BCUT2D eigenvalue weighted by molar-refractivity contribution is 0.122. The molecule has 28 heavy (non-hydrogen) atoms. The Morgan fingerprint density at radius 2 is 1.75 bits per heavy atom. The molecule has 0 amide bonds. The predicted octanol–water partition coefficient (Wildman–Crippen LogP) is 2.06. The summed E-state index contributed by atoms with van der Waals surface area (Å²) in [7, 11) is 2.20. The second-order valence-corrected chi connectivity index (χ2v) is 8.22. The molecule has 0 aromatic heterocycles. The number of halogens is 1. The van der Waals surface area contributed by atoms with E-state index in [1.807, 2.05) is 12.1 Å². The van der Waals surface area contributed by atoms with Crippen LogP contribution in [0.1, 0.15) is 13.8 Å². The number of hydrogen-bond donors (Lipinski definition) is 1. The van der Waals surface area contributed by atoms with Crippen LogP contribution in [-0.4, -0.2) is 99.2 Å². The SMILES string of the molecule is CCNC(=NCC(C)N1CCN(C)CC1)N1CCN(c2ccccc2Cl)CC1. The fraction of sp³-hybridized carbons (Fsp3) is 0.667. The maximum absolute atomic E-state index is 6.37. The van der Waals surface area contributed by atoms with E-state index in [9.17, 15) is 0 Å². The summed E-state index contributed by atoms with van der Waals surface area (Å²) in [6.45, 7) is 14.6. The van der Waals surface area contributed by atoms with Crippen molar-refractivity contribution < 1.29 is 0 Å². The Morgan fingerprint density at radius 3 is 2.39 bits per heavy atom. The Morgan fingerprint density at radius 1 is 1.07 bits per heavy atom. The van der Waals surface area contributed by atoms with Crippen molar-refractivity contribution >= 4 is 23.2 Å². The molecule has 0 aliphatic carbocycles. The van der Waals surface area contributed by atoms with E-state index in [0.717, 1.165) is 82.1 Å². The second-order valence-electron chi connectivity index (χ2n) is 7.81. The number of para-hydroxylation sites is 1. The molecule has 0 bridgehead atoms. The molecule has 6 nitrogen and oxygen atoms in total. The largest absolute Gasteiger partial charge is 0.367 e. The van der Waals surface area contributed by atoms with Gasteiger partial charge < -0.3 is 20.0 Å². The van der Waals surface area contributed by atoms with E-state index in [1.165, 1.54) is 0 Å². The van der Waals surface area contributed by atoms with Gasteiger partial charge in [0.25, 0.3) is 0 Å². The van der Waals surface area contributed by atoms with Crippen molar-refractivity contribution in [1.82, 2.24) is 20.0 Å². The Bertz CT molecular complexity index is 636. The molecule has 1 aromatic carbocycles. The highest BCUT2D eigenvalue weighted by molar-refractivity contribution is 6.33. The van der Waals surface area contributed by atoms with E-state index < -0.39 is 0 Å². The van der Waals surface area contributed by atoms with Crippen LogP contribution in [0.3, 0.4) is 0 Å². The molecule has 2 saturated heterocycles. The number of nitrogens with one attached hydrogen (secondary N) is 1. The first-order chi connectivity index (χ1) is 13.6. The zero-order valence-corrected chi connectivity index (χ0v) is 18.3. The summed E-state index contributed by atoms with van der Waals surface area (Å²) in [6, 6.07) is 8.59. The lowest BCUT2D eigenvalue weighted by Gasteiger charge is -2.38. The minimum atomic E-state index is 0.478. The highest BCUT2D eigenvalue weighted by atomic mass is 35.5. The number of benzene rings is 1. The molecule has 3 rings (SSSR count). The lowest BCUT2D eigenvalue weighted by atomic mass is 10.2. The number of aliphatic imine (C=N–C) groups is 1. The maximum Gasteiger partial charge on any atom is 0.194 e. The van der Waals surface area contributed by atoms with E-state index >= 15 is 0 Å². The number of anilines is 1. The van der Waals surface area contributed by atoms with Crippen molar-refractivity contribution in [2.75, 3.05) is 77.4 Å². The normalized spacial score (nSPS) is 21.1. The van der Waals surface area contributed by atoms with Crippen molar-refractivity contribution in [1.29, 1.82) is 0 Å². The van der Waals surface area contributed by atoms with E-state index in [4.69, 9.17) is 16.6 Å². The van der Waals surface area contributed by atoms with Crippen molar-refractivity contribution in [3.05, 3.63) is 29.3 Å². The minimum Gasteiger partial charge on any atom is -0.367 e. The maximum atomic E-state index is 6.37. The molecule has 2 fully saturated rings. The van der Waals surface area contributed by atoms with E-state index in [2.05, 4.69) is 57.9 Å². The third-order valence-corrected chi connectivity index (χ3v) is 6.09. The Labute approximate surface area is 175 Å². The monoisotopic (exact) mass is 406 g/mol. The van der Waals surface area contributed by atoms with Gasteiger partial charge in [-0.15, -0.1) is 0 Å². The number of guanidine groups is 1. The molecule has 2 aliphatic rings. The molecule has 7 heteroatoms. The summed E-state index contributed by atoms with van der Waals surface area (Å²) in [4.78, 5) is 14.7. The van der Waals surface area contributed by atoms with E-state index in [0.29, 0.717) is 6.04 Å². The number of rotatable bonds is 5. The molecule has 2 heterocycles. The van der Waals surface area contributed by atoms with Gasteiger partial charge in [-0.2, -0.15) is 0 Å². The average molecular weight is 407 g/mol. The smallest absolute Gasteiger partial charge is 0.194 e. The van der Waals surface area contributed by atoms with Crippen LogP contribution in [0.15, 0.2) is 29.3 Å². The highest BCUT2D eigenvalue weighted by Gasteiger charge is 2.22. The van der Waals surface area contributed by atoms with Crippen LogP contribution in [0.5, 0.6) is 0 Å². The molecule has 156 valence electrons. The van der Waals surface area contributed by atoms with Gasteiger partial charge in [0.15, 0.2) is 5.96 Å². The summed E-state index contributed by atoms with van der Waals surface area (Å²) in [5, 5.41) is 4.32. The molecule has 1 aromatic rings. The highest BCUT2D eigenvalue weighted by Crippen LogP contribution is 2.26. The molecular formula is C21H35ClN6. The fourth-order valence-electron chi connectivity index (χ4n) is 3.89. The van der Waals surface area contributed by atoms with Crippen LogP contribution in [0.2, 0.25) is 5.02 Å². The van der Waals surface area contributed by atoms with Gasteiger partial charge in [0.1, 0.15) is 0 Å². The Hall–Kier alpha value is -1.50. The van der Waals surface area contributed by atoms with E-state index in [-0.39, 0.29) is 0 Å². The molecule has 1 atom stereocenters. The topological polar surface area (TPSA) is 37.4 Å². The number of piperazine rings is 2. The second kappa shape index (κ2) is 10.3. The van der Waals surface area contributed by atoms with Crippen LogP contribution in [-0.2, 0) is 0 Å². The van der Waals surface area contributed by atoms with Gasteiger partial charge in [0.2, 0.25) is 0 Å². The molecule has 0 saturated carbocycles. The Kier molecular flexibility index (Phi) is 7.82. The first-order valence-corrected chi connectivity index (χ1v) is 10.9. The first-order valence-electron chi connectivity index (χ1n) is 10.5. The molecular weight excluding hydrogens is 372 g/mol. The molecule has 0 radical (unpaired) electrons. The van der Waals surface area contributed by atoms with Gasteiger partial charge in [-0.1, -0.05) is 23.7 Å². The van der Waals surface area contributed by atoms with Crippen molar-refractivity contribution in [3.63, 3.8) is 0 Å². The van der Waals surface area contributed by atoms with Gasteiger partial charge >= 0.3 is 0 Å². The zero-order valence-electron chi connectivity index (χ0n) is 17.6. The van der Waals surface area contributed by atoms with Crippen LogP contribution in [0.4, 0.5) is 5.69 Å². The number of likely N-dealkylation sites (N-methyl/N-ethyl adjacent to an activating group) is 1. The van der Waals surface area contributed by atoms with Crippen molar-refractivity contribution in [2.45, 2.75) is 19.9 Å². The van der Waals surface area contributed by atoms with Gasteiger partial charge in [0.05, 0.1) is 17.3 Å². The van der Waals surface area contributed by atoms with E-state index in [1.54, 1.807) is 0 Å². The fourth-order valence-corrected chi connectivity index (χ4v) is 4.15. The van der Waals surface area contributed by atoms with Gasteiger partial charge in [-0.3, -0.25) is 9.89 Å². The molecule has 1 unspecified atom stereocenters. The summed E-state index contributed by atoms with van der Waals surface area (Å²) in [6.07, 6.45) is 0. The molecule has 1 N–H and O–H groups in total. The van der Waals surface area contributed by atoms with Crippen LogP contribution in [0, 0.1) is 0 Å².